The maximum absolute atomic E-state index is 2.52. The van der Waals surface area contributed by atoms with Crippen LogP contribution in [0.2, 0.25) is 0 Å². The molecule has 34 heavy (non-hydrogen) atoms. The maximum atomic E-state index is 2.52. The van der Waals surface area contributed by atoms with Gasteiger partial charge in [-0.3, -0.25) is 0 Å². The van der Waals surface area contributed by atoms with Crippen LogP contribution in [0.5, 0.6) is 0 Å². The molecule has 2 aromatic carbocycles. The van der Waals surface area contributed by atoms with Crippen LogP contribution < -0.4 is 0 Å². The Kier molecular flexibility index (Phi) is 5.06. The molecule has 0 amide bonds. The van der Waals surface area contributed by atoms with Gasteiger partial charge in [-0.25, -0.2) is 0 Å². The maximum Gasteiger partial charge on any atom is -0.00616 e. The van der Waals surface area contributed by atoms with Gasteiger partial charge in [0.05, 0.1) is 0 Å². The van der Waals surface area contributed by atoms with Crippen LogP contribution in [0.3, 0.4) is 0 Å². The number of rotatable bonds is 5. The highest BCUT2D eigenvalue weighted by Gasteiger charge is 2.56. The largest absolute Gasteiger partial charge is 0.0947 e. The minimum Gasteiger partial charge on any atom is -0.0947 e. The third kappa shape index (κ3) is 3.41. The van der Waals surface area contributed by atoms with Crippen molar-refractivity contribution in [1.29, 1.82) is 0 Å². The third-order valence-corrected chi connectivity index (χ3v) is 15.5. The molecule has 0 atom stereocenters. The van der Waals surface area contributed by atoms with Crippen LogP contribution in [0.1, 0.15) is 69.8 Å². The van der Waals surface area contributed by atoms with Crippen molar-refractivity contribution < 1.29 is 0 Å². The summed E-state index contributed by atoms with van der Waals surface area (Å²) in [6.07, 6.45) is 17.4. The van der Waals surface area contributed by atoms with Crippen molar-refractivity contribution in [3.05, 3.63) is 60.2 Å². The van der Waals surface area contributed by atoms with Crippen LogP contribution in [-0.2, 0) is 6.16 Å². The Morgan fingerprint density at radius 1 is 0.500 bits per heavy atom. The molecular weight excluding hydrogens is 427 g/mol. The molecule has 8 saturated carbocycles. The first-order valence-electron chi connectivity index (χ1n) is 14.7. The van der Waals surface area contributed by atoms with E-state index in [2.05, 4.69) is 54.6 Å². The summed E-state index contributed by atoms with van der Waals surface area (Å²) >= 11 is 0. The number of hydrogen-bond donors (Lipinski definition) is 0. The monoisotopic (exact) mass is 468 g/mol. The van der Waals surface area contributed by atoms with Gasteiger partial charge in [0.1, 0.15) is 0 Å². The average Bonchev–Trinajstić information content (AvgIpc) is 2.83. The Morgan fingerprint density at radius 3 is 1.44 bits per heavy atom. The van der Waals surface area contributed by atoms with Gasteiger partial charge in [0.2, 0.25) is 0 Å². The van der Waals surface area contributed by atoms with Crippen LogP contribution in [-0.4, -0.2) is 11.3 Å². The summed E-state index contributed by atoms with van der Waals surface area (Å²) < 4.78 is 0. The summed E-state index contributed by atoms with van der Waals surface area (Å²) in [5.41, 5.74) is 6.83. The van der Waals surface area contributed by atoms with Crippen molar-refractivity contribution in [3.8, 4) is 11.1 Å². The molecule has 8 aliphatic carbocycles. The molecule has 8 fully saturated rings. The SMILES string of the molecule is c1ccc(-c2ccccc2CP(C2C3CC4CC(C3)CC2C4)C2C3CC4CC(C3)CC2C4)cc1. The van der Waals surface area contributed by atoms with E-state index in [0.717, 1.165) is 58.7 Å². The minimum absolute atomic E-state index is 0.0567. The van der Waals surface area contributed by atoms with Crippen LogP contribution in [0.15, 0.2) is 54.6 Å². The lowest BCUT2D eigenvalue weighted by Gasteiger charge is -2.62. The second kappa shape index (κ2) is 8.20. The molecule has 2 aromatic rings. The Morgan fingerprint density at radius 2 is 0.941 bits per heavy atom. The van der Waals surface area contributed by atoms with E-state index in [1.807, 2.05) is 0 Å². The van der Waals surface area contributed by atoms with Crippen molar-refractivity contribution in [3.63, 3.8) is 0 Å². The third-order valence-electron chi connectivity index (χ3n) is 11.6. The molecular formula is C33H41P. The predicted octanol–water partition coefficient (Wildman–Crippen LogP) is 8.98. The molecule has 0 radical (unpaired) electrons. The van der Waals surface area contributed by atoms with E-state index in [9.17, 15) is 0 Å². The van der Waals surface area contributed by atoms with E-state index in [0.29, 0.717) is 0 Å². The van der Waals surface area contributed by atoms with Gasteiger partial charge in [-0.1, -0.05) is 62.5 Å². The molecule has 0 aromatic heterocycles. The fourth-order valence-corrected chi connectivity index (χ4v) is 15.7. The van der Waals surface area contributed by atoms with Gasteiger partial charge in [0.15, 0.2) is 0 Å². The topological polar surface area (TPSA) is 0 Å². The van der Waals surface area contributed by atoms with Gasteiger partial charge in [-0.05, 0) is 146 Å². The Labute approximate surface area is 208 Å². The summed E-state index contributed by atoms with van der Waals surface area (Å²) in [7, 11) is 0.0567. The van der Waals surface area contributed by atoms with E-state index < -0.39 is 0 Å². The fourth-order valence-electron chi connectivity index (χ4n) is 11.0. The normalized spacial score (nSPS) is 44.5. The lowest BCUT2D eigenvalue weighted by molar-refractivity contribution is 0.0129. The zero-order chi connectivity index (χ0) is 22.2. The molecule has 0 spiro atoms. The van der Waals surface area contributed by atoms with Crippen LogP contribution in [0.25, 0.3) is 11.1 Å². The highest BCUT2D eigenvalue weighted by Crippen LogP contribution is 2.72. The molecule has 0 nitrogen and oxygen atoms in total. The van der Waals surface area contributed by atoms with Gasteiger partial charge in [-0.2, -0.15) is 0 Å². The highest BCUT2D eigenvalue weighted by molar-refractivity contribution is 7.58. The summed E-state index contributed by atoms with van der Waals surface area (Å²) in [6, 6.07) is 20.9. The van der Waals surface area contributed by atoms with Gasteiger partial charge in [-0.15, -0.1) is 0 Å². The smallest absolute Gasteiger partial charge is 0.00616 e. The molecule has 0 heterocycles. The lowest BCUT2D eigenvalue weighted by Crippen LogP contribution is -2.52. The molecule has 178 valence electrons. The average molecular weight is 469 g/mol. The zero-order valence-electron chi connectivity index (χ0n) is 20.7. The lowest BCUT2D eigenvalue weighted by atomic mass is 9.55. The summed E-state index contributed by atoms with van der Waals surface area (Å²) in [5, 5.41) is 0. The van der Waals surface area contributed by atoms with Crippen LogP contribution in [0, 0.1) is 47.3 Å². The second-order valence-corrected chi connectivity index (χ2v) is 16.1. The van der Waals surface area contributed by atoms with Crippen LogP contribution >= 0.6 is 7.92 Å². The van der Waals surface area contributed by atoms with Gasteiger partial charge in [0.25, 0.3) is 0 Å². The molecule has 8 bridgehead atoms. The summed E-state index contributed by atoms with van der Waals surface area (Å²) in [6.45, 7) is 0. The van der Waals surface area contributed by atoms with E-state index in [4.69, 9.17) is 0 Å². The Balaban J connectivity index is 1.19. The number of benzene rings is 2. The predicted molar refractivity (Wildman–Crippen MR) is 144 cm³/mol. The van der Waals surface area contributed by atoms with E-state index in [1.165, 1.54) is 17.3 Å². The first kappa shape index (κ1) is 21.0. The fraction of sp³-hybridized carbons (Fsp3) is 0.636. The van der Waals surface area contributed by atoms with Gasteiger partial charge in [0, 0.05) is 0 Å². The zero-order valence-corrected chi connectivity index (χ0v) is 21.6. The standard InChI is InChI=1S/C33H41P/c1-2-6-25(7-3-1)31-9-5-4-8-26(31)20-34(32-27-12-21-10-22(14-27)15-28(32)13-21)33-29-16-23-11-24(18-29)19-30(33)17-23/h1-9,21-24,27-30,32-33H,10-20H2. The quantitative estimate of drug-likeness (QED) is 0.384. The summed E-state index contributed by atoms with van der Waals surface area (Å²) in [4.78, 5) is 0. The van der Waals surface area contributed by atoms with E-state index in [1.54, 1.807) is 69.8 Å². The van der Waals surface area contributed by atoms with Crippen molar-refractivity contribution in [2.45, 2.75) is 81.7 Å². The van der Waals surface area contributed by atoms with Crippen LogP contribution in [0.4, 0.5) is 0 Å². The molecule has 0 unspecified atom stereocenters. The minimum atomic E-state index is 0.0567. The Bertz CT molecular complexity index is 942. The highest BCUT2D eigenvalue weighted by atomic mass is 31.1. The van der Waals surface area contributed by atoms with Crippen molar-refractivity contribution >= 4 is 7.92 Å². The molecule has 8 aliphatic rings. The molecule has 0 aliphatic heterocycles. The first-order chi connectivity index (χ1) is 16.8. The van der Waals surface area contributed by atoms with E-state index >= 15 is 0 Å². The van der Waals surface area contributed by atoms with Crippen molar-refractivity contribution in [2.24, 2.45) is 47.3 Å². The molecule has 0 saturated heterocycles. The first-order valence-corrected chi connectivity index (χ1v) is 16.3. The van der Waals surface area contributed by atoms with Gasteiger partial charge < -0.3 is 0 Å². The van der Waals surface area contributed by atoms with Crippen molar-refractivity contribution in [2.75, 3.05) is 0 Å². The molecule has 1 heteroatoms. The van der Waals surface area contributed by atoms with Crippen molar-refractivity contribution in [1.82, 2.24) is 0 Å². The van der Waals surface area contributed by atoms with E-state index in [-0.39, 0.29) is 7.92 Å². The number of hydrogen-bond acceptors (Lipinski definition) is 0. The summed E-state index contributed by atoms with van der Waals surface area (Å²) in [5.74, 6) is 8.76. The van der Waals surface area contributed by atoms with Gasteiger partial charge >= 0.3 is 0 Å². The second-order valence-electron chi connectivity index (χ2n) is 13.5. The molecule has 0 N–H and O–H groups in total. The Hall–Kier alpha value is -1.13. The molecule has 10 rings (SSSR count).